The van der Waals surface area contributed by atoms with Crippen LogP contribution in [0, 0.1) is 18.3 Å². The van der Waals surface area contributed by atoms with Crippen LogP contribution in [0.3, 0.4) is 0 Å². The molecule has 0 atom stereocenters. The fourth-order valence-electron chi connectivity index (χ4n) is 2.45. The lowest BCUT2D eigenvalue weighted by atomic mass is 10.2. The molecule has 3 rings (SSSR count). The summed E-state index contributed by atoms with van der Waals surface area (Å²) in [5.74, 6) is 0.716. The van der Waals surface area contributed by atoms with Gasteiger partial charge in [-0.25, -0.2) is 8.42 Å². The van der Waals surface area contributed by atoms with Crippen molar-refractivity contribution in [1.29, 1.82) is 5.26 Å². The number of anilines is 3. The molecule has 0 unspecified atom stereocenters. The molecule has 28 heavy (non-hydrogen) atoms. The van der Waals surface area contributed by atoms with E-state index in [1.54, 1.807) is 49.4 Å². The maximum absolute atomic E-state index is 12.7. The third-order valence-corrected chi connectivity index (χ3v) is 5.15. The molecule has 0 aliphatic carbocycles. The van der Waals surface area contributed by atoms with E-state index < -0.39 is 10.0 Å². The zero-order valence-electron chi connectivity index (χ0n) is 15.2. The fourth-order valence-corrected chi connectivity index (χ4v) is 3.71. The van der Waals surface area contributed by atoms with Crippen molar-refractivity contribution >= 4 is 27.3 Å². The van der Waals surface area contributed by atoms with Crippen molar-refractivity contribution in [2.45, 2.75) is 11.8 Å². The average molecular weight is 395 g/mol. The molecule has 0 spiro atoms. The van der Waals surface area contributed by atoms with E-state index in [0.717, 1.165) is 5.56 Å². The largest absolute Gasteiger partial charge is 0.495 e. The maximum Gasteiger partial charge on any atom is 0.266 e. The highest BCUT2D eigenvalue weighted by Crippen LogP contribution is 2.26. The van der Waals surface area contributed by atoms with Gasteiger partial charge in [-0.05, 0) is 55.0 Å². The molecule has 142 valence electrons. The second-order valence-corrected chi connectivity index (χ2v) is 7.53. The van der Waals surface area contributed by atoms with E-state index in [-0.39, 0.29) is 16.5 Å². The quantitative estimate of drug-likeness (QED) is 0.658. The van der Waals surface area contributed by atoms with Gasteiger partial charge >= 0.3 is 0 Å². The van der Waals surface area contributed by atoms with E-state index in [0.29, 0.717) is 17.1 Å². The summed E-state index contributed by atoms with van der Waals surface area (Å²) < 4.78 is 32.9. The monoisotopic (exact) mass is 395 g/mol. The van der Waals surface area contributed by atoms with Gasteiger partial charge in [0.1, 0.15) is 10.6 Å². The van der Waals surface area contributed by atoms with E-state index >= 15 is 0 Å². The number of sulfonamides is 1. The molecule has 3 aromatic rings. The highest BCUT2D eigenvalue weighted by molar-refractivity contribution is 7.92. The average Bonchev–Trinajstić information content (AvgIpc) is 2.69. The summed E-state index contributed by atoms with van der Waals surface area (Å²) in [4.78, 5) is 0.0207. The molecule has 1 heterocycles. The Labute approximate surface area is 162 Å². The van der Waals surface area contributed by atoms with Gasteiger partial charge in [-0.1, -0.05) is 12.1 Å². The zero-order valence-corrected chi connectivity index (χ0v) is 16.0. The van der Waals surface area contributed by atoms with Gasteiger partial charge in [0.2, 0.25) is 0 Å². The van der Waals surface area contributed by atoms with Crippen LogP contribution in [-0.4, -0.2) is 25.7 Å². The van der Waals surface area contributed by atoms with Crippen molar-refractivity contribution in [2.24, 2.45) is 0 Å². The van der Waals surface area contributed by atoms with E-state index in [1.807, 2.05) is 0 Å². The Morgan fingerprint density at radius 2 is 1.79 bits per heavy atom. The SMILES string of the molecule is COc1ccc(C)cc1S(=O)(=O)Nc1ccc(Nc2cccc(C#N)c2)nn1. The summed E-state index contributed by atoms with van der Waals surface area (Å²) in [5, 5.41) is 19.8. The number of nitrogens with one attached hydrogen (secondary N) is 2. The topological polar surface area (TPSA) is 117 Å². The molecule has 0 saturated heterocycles. The summed E-state index contributed by atoms with van der Waals surface area (Å²) >= 11 is 0. The number of rotatable bonds is 6. The lowest BCUT2D eigenvalue weighted by molar-refractivity contribution is 0.402. The number of aryl methyl sites for hydroxylation is 1. The minimum Gasteiger partial charge on any atom is -0.495 e. The third kappa shape index (κ3) is 4.36. The van der Waals surface area contributed by atoms with Crippen LogP contribution in [0.25, 0.3) is 0 Å². The Morgan fingerprint density at radius 3 is 2.46 bits per heavy atom. The number of hydrogen-bond donors (Lipinski definition) is 2. The standard InChI is InChI=1S/C19H17N5O3S/c1-13-6-7-16(27-2)17(10-13)28(25,26)24-19-9-8-18(22-23-19)21-15-5-3-4-14(11-15)12-20/h3-11H,1-2H3,(H,21,22)(H,23,24). The van der Waals surface area contributed by atoms with Gasteiger partial charge in [-0.15, -0.1) is 10.2 Å². The summed E-state index contributed by atoms with van der Waals surface area (Å²) in [6.07, 6.45) is 0. The first-order valence-corrected chi connectivity index (χ1v) is 9.68. The predicted octanol–water partition coefficient (Wildman–Crippen LogP) is 3.21. The Kier molecular flexibility index (Phi) is 5.42. The molecule has 9 heteroatoms. The Morgan fingerprint density at radius 1 is 1.04 bits per heavy atom. The summed E-state index contributed by atoms with van der Waals surface area (Å²) in [6, 6.07) is 16.9. The van der Waals surface area contributed by atoms with Gasteiger partial charge in [0.05, 0.1) is 18.7 Å². The second-order valence-electron chi connectivity index (χ2n) is 5.88. The number of hydrogen-bond acceptors (Lipinski definition) is 7. The van der Waals surface area contributed by atoms with Gasteiger partial charge in [0.25, 0.3) is 10.0 Å². The molecule has 0 radical (unpaired) electrons. The van der Waals surface area contributed by atoms with Crippen LogP contribution in [0.4, 0.5) is 17.3 Å². The molecular formula is C19H17N5O3S. The van der Waals surface area contributed by atoms with Crippen LogP contribution in [-0.2, 0) is 10.0 Å². The maximum atomic E-state index is 12.7. The molecule has 2 N–H and O–H groups in total. The molecule has 1 aromatic heterocycles. The zero-order chi connectivity index (χ0) is 20.1. The van der Waals surface area contributed by atoms with Crippen LogP contribution in [0.5, 0.6) is 5.75 Å². The van der Waals surface area contributed by atoms with E-state index in [2.05, 4.69) is 26.3 Å². The Bertz CT molecular complexity index is 1140. The number of ether oxygens (including phenoxy) is 1. The molecule has 0 amide bonds. The van der Waals surface area contributed by atoms with E-state index in [4.69, 9.17) is 10.00 Å². The molecule has 0 fully saturated rings. The first kappa shape index (κ1) is 19.1. The Hall–Kier alpha value is -3.64. The number of aromatic nitrogens is 2. The molecular weight excluding hydrogens is 378 g/mol. The molecule has 8 nitrogen and oxygen atoms in total. The lowest BCUT2D eigenvalue weighted by Crippen LogP contribution is -2.15. The van der Waals surface area contributed by atoms with Crippen LogP contribution in [0.2, 0.25) is 0 Å². The molecule has 0 aliphatic rings. The summed E-state index contributed by atoms with van der Waals surface area (Å²) in [6.45, 7) is 1.79. The predicted molar refractivity (Wildman–Crippen MR) is 105 cm³/mol. The minimum absolute atomic E-state index is 0.0207. The number of nitrogens with zero attached hydrogens (tertiary/aromatic N) is 3. The number of nitriles is 1. The highest BCUT2D eigenvalue weighted by Gasteiger charge is 2.20. The van der Waals surface area contributed by atoms with Gasteiger partial charge in [0.15, 0.2) is 11.6 Å². The van der Waals surface area contributed by atoms with Crippen molar-refractivity contribution in [3.8, 4) is 11.8 Å². The first-order valence-electron chi connectivity index (χ1n) is 8.19. The fraction of sp³-hybridized carbons (Fsp3) is 0.105. The van der Waals surface area contributed by atoms with Crippen LogP contribution >= 0.6 is 0 Å². The first-order chi connectivity index (χ1) is 13.4. The number of methoxy groups -OCH3 is 1. The highest BCUT2D eigenvalue weighted by atomic mass is 32.2. The van der Waals surface area contributed by atoms with Gasteiger partial charge in [-0.2, -0.15) is 5.26 Å². The second kappa shape index (κ2) is 7.94. The normalized spacial score (nSPS) is 10.8. The van der Waals surface area contributed by atoms with E-state index in [9.17, 15) is 8.42 Å². The van der Waals surface area contributed by atoms with Crippen molar-refractivity contribution in [2.75, 3.05) is 17.1 Å². The molecule has 0 saturated carbocycles. The summed E-state index contributed by atoms with van der Waals surface area (Å²) in [5.41, 5.74) is 1.96. The van der Waals surface area contributed by atoms with Crippen molar-refractivity contribution in [1.82, 2.24) is 10.2 Å². The van der Waals surface area contributed by atoms with Crippen molar-refractivity contribution < 1.29 is 13.2 Å². The molecule has 0 bridgehead atoms. The summed E-state index contributed by atoms with van der Waals surface area (Å²) in [7, 11) is -2.49. The molecule has 0 aliphatic heterocycles. The van der Waals surface area contributed by atoms with E-state index in [1.165, 1.54) is 19.2 Å². The third-order valence-electron chi connectivity index (χ3n) is 3.78. The van der Waals surface area contributed by atoms with Gasteiger partial charge < -0.3 is 10.1 Å². The van der Waals surface area contributed by atoms with Gasteiger partial charge in [-0.3, -0.25) is 4.72 Å². The van der Waals surface area contributed by atoms with Crippen LogP contribution in [0.1, 0.15) is 11.1 Å². The van der Waals surface area contributed by atoms with Crippen molar-refractivity contribution in [3.05, 3.63) is 65.7 Å². The van der Waals surface area contributed by atoms with Crippen LogP contribution in [0.15, 0.2) is 59.5 Å². The van der Waals surface area contributed by atoms with Crippen molar-refractivity contribution in [3.63, 3.8) is 0 Å². The van der Waals surface area contributed by atoms with Gasteiger partial charge in [0, 0.05) is 5.69 Å². The van der Waals surface area contributed by atoms with Crippen LogP contribution < -0.4 is 14.8 Å². The molecule has 2 aromatic carbocycles. The number of benzene rings is 2. The smallest absolute Gasteiger partial charge is 0.266 e. The minimum atomic E-state index is -3.89. The Balaban J connectivity index is 1.78. The lowest BCUT2D eigenvalue weighted by Gasteiger charge is -2.12.